The van der Waals surface area contributed by atoms with Gasteiger partial charge in [-0.25, -0.2) is 10.3 Å². The first-order valence-electron chi connectivity index (χ1n) is 10.5. The van der Waals surface area contributed by atoms with Crippen molar-refractivity contribution < 1.29 is 38.9 Å². The van der Waals surface area contributed by atoms with Crippen molar-refractivity contribution in [3.63, 3.8) is 0 Å². The molecule has 10 heteroatoms. The zero-order valence-corrected chi connectivity index (χ0v) is 19.3. The van der Waals surface area contributed by atoms with Gasteiger partial charge in [-0.05, 0) is 55.3 Å². The van der Waals surface area contributed by atoms with Crippen molar-refractivity contribution in [2.45, 2.75) is 25.6 Å². The molecule has 0 aliphatic rings. The summed E-state index contributed by atoms with van der Waals surface area (Å²) in [5, 5.41) is 20.4. The van der Waals surface area contributed by atoms with Gasteiger partial charge < -0.3 is 24.1 Å². The summed E-state index contributed by atoms with van der Waals surface area (Å²) in [6.45, 7) is 1.58. The molecule has 0 heterocycles. The Balaban J connectivity index is 2.23. The topological polar surface area (TPSA) is 136 Å². The third-order valence-corrected chi connectivity index (χ3v) is 4.90. The van der Waals surface area contributed by atoms with Crippen LogP contribution in [0.2, 0.25) is 0 Å². The van der Waals surface area contributed by atoms with Gasteiger partial charge >= 0.3 is 6.09 Å². The quantitative estimate of drug-likeness (QED) is 0.209. The maximum Gasteiger partial charge on any atom is 0.412 e. The molecule has 2 aromatic carbocycles. The molecular formula is C24H30N2O8. The van der Waals surface area contributed by atoms with E-state index < -0.39 is 24.2 Å². The lowest BCUT2D eigenvalue weighted by Crippen LogP contribution is -2.28. The van der Waals surface area contributed by atoms with E-state index in [0.717, 1.165) is 0 Å². The zero-order valence-electron chi connectivity index (χ0n) is 19.3. The van der Waals surface area contributed by atoms with Gasteiger partial charge in [0.15, 0.2) is 6.10 Å². The Labute approximate surface area is 198 Å². The van der Waals surface area contributed by atoms with Gasteiger partial charge in [0.2, 0.25) is 0 Å². The number of amides is 2. The van der Waals surface area contributed by atoms with Crippen LogP contribution in [-0.2, 0) is 14.3 Å². The predicted molar refractivity (Wildman–Crippen MR) is 124 cm³/mol. The molecule has 0 aliphatic heterocycles. The second-order valence-electron chi connectivity index (χ2n) is 7.16. The summed E-state index contributed by atoms with van der Waals surface area (Å²) in [4.78, 5) is 24.3. The van der Waals surface area contributed by atoms with Crippen LogP contribution >= 0.6 is 0 Å². The van der Waals surface area contributed by atoms with Gasteiger partial charge in [-0.1, -0.05) is 18.2 Å². The molecule has 0 saturated carbocycles. The normalized spacial score (nSPS) is 12.9. The minimum atomic E-state index is -0.837. The first-order valence-corrected chi connectivity index (χ1v) is 10.5. The first-order chi connectivity index (χ1) is 16.4. The molecule has 0 fully saturated rings. The molecule has 4 N–H and O–H groups in total. The highest BCUT2D eigenvalue weighted by atomic mass is 16.6. The lowest BCUT2D eigenvalue weighted by molar-refractivity contribution is -0.125. The molecule has 0 saturated heterocycles. The minimum Gasteiger partial charge on any atom is -0.497 e. The smallest absolute Gasteiger partial charge is 0.412 e. The molecule has 0 bridgehead atoms. The molecule has 10 nitrogen and oxygen atoms in total. The Morgan fingerprint density at radius 1 is 1.03 bits per heavy atom. The summed E-state index contributed by atoms with van der Waals surface area (Å²) in [5.41, 5.74) is 3.00. The van der Waals surface area contributed by atoms with E-state index in [1.165, 1.54) is 14.0 Å². The Hall–Kier alpha value is -3.60. The molecular weight excluding hydrogens is 444 g/mol. The number of carbonyl (C=O) groups is 2. The summed E-state index contributed by atoms with van der Waals surface area (Å²) >= 11 is 0. The fraction of sp³-hybridized carbons (Fsp3) is 0.333. The van der Waals surface area contributed by atoms with E-state index in [-0.39, 0.29) is 25.2 Å². The summed E-state index contributed by atoms with van der Waals surface area (Å²) in [5.74, 6) is 0.548. The van der Waals surface area contributed by atoms with E-state index in [1.807, 2.05) is 0 Å². The highest BCUT2D eigenvalue weighted by Gasteiger charge is 2.27. The molecule has 0 aliphatic carbocycles. The molecule has 0 unspecified atom stereocenters. The summed E-state index contributed by atoms with van der Waals surface area (Å²) in [6, 6.07) is 13.6. The van der Waals surface area contributed by atoms with Crippen LogP contribution in [0.1, 0.15) is 25.0 Å². The number of methoxy groups -OCH3 is 2. The number of ether oxygens (including phenoxy) is 4. The van der Waals surface area contributed by atoms with Crippen LogP contribution in [0.3, 0.4) is 0 Å². The van der Waals surface area contributed by atoms with E-state index in [1.54, 1.807) is 67.2 Å². The number of carbonyl (C=O) groups excluding carboxylic acids is 2. The molecule has 2 aromatic rings. The third-order valence-electron chi connectivity index (χ3n) is 4.90. The van der Waals surface area contributed by atoms with Crippen molar-refractivity contribution in [3.8, 4) is 11.5 Å². The maximum atomic E-state index is 12.7. The number of hydrogen-bond donors (Lipinski definition) is 4. The Bertz CT molecular complexity index is 944. The Morgan fingerprint density at radius 3 is 2.24 bits per heavy atom. The number of hydroxylamine groups is 1. The molecule has 0 spiro atoms. The molecule has 2 amide bonds. The van der Waals surface area contributed by atoms with Gasteiger partial charge in [0.1, 0.15) is 24.2 Å². The number of benzene rings is 2. The Kier molecular flexibility index (Phi) is 10.8. The summed E-state index contributed by atoms with van der Waals surface area (Å²) in [7, 11) is 3.02. The van der Waals surface area contributed by atoms with E-state index in [4.69, 9.17) is 29.3 Å². The van der Waals surface area contributed by atoms with Gasteiger partial charge in [0.05, 0.1) is 13.7 Å². The predicted octanol–water partition coefficient (Wildman–Crippen LogP) is 3.21. The molecule has 34 heavy (non-hydrogen) atoms. The second-order valence-corrected chi connectivity index (χ2v) is 7.16. The minimum absolute atomic E-state index is 0.113. The monoisotopic (exact) mass is 474 g/mol. The highest BCUT2D eigenvalue weighted by Crippen LogP contribution is 2.29. The van der Waals surface area contributed by atoms with E-state index in [0.29, 0.717) is 22.7 Å². The average molecular weight is 475 g/mol. The van der Waals surface area contributed by atoms with E-state index >= 15 is 0 Å². The van der Waals surface area contributed by atoms with Gasteiger partial charge in [-0.15, -0.1) is 0 Å². The highest BCUT2D eigenvalue weighted by molar-refractivity contribution is 5.91. The average Bonchev–Trinajstić information content (AvgIpc) is 2.87. The lowest BCUT2D eigenvalue weighted by atomic mass is 10.0. The summed E-state index contributed by atoms with van der Waals surface area (Å²) < 4.78 is 21.8. The van der Waals surface area contributed by atoms with Crippen LogP contribution < -0.4 is 20.3 Å². The van der Waals surface area contributed by atoms with Crippen molar-refractivity contribution in [2.24, 2.45) is 0 Å². The van der Waals surface area contributed by atoms with Crippen molar-refractivity contribution in [2.75, 3.05) is 32.8 Å². The van der Waals surface area contributed by atoms with Gasteiger partial charge in [-0.3, -0.25) is 15.3 Å². The van der Waals surface area contributed by atoms with E-state index in [2.05, 4.69) is 5.32 Å². The van der Waals surface area contributed by atoms with Gasteiger partial charge in [0.25, 0.3) is 5.91 Å². The SMILES string of the molecule is COc1ccc(NC(=O)O[C@@H](c2ccc(OCCO)cc2)[C@H](C/C=C(\C)C(=O)NO)OC)cc1. The first kappa shape index (κ1) is 26.7. The van der Waals surface area contributed by atoms with E-state index in [9.17, 15) is 9.59 Å². The number of rotatable bonds is 12. The summed E-state index contributed by atoms with van der Waals surface area (Å²) in [6.07, 6.45) is -0.384. The van der Waals surface area contributed by atoms with Crippen LogP contribution in [0.4, 0.5) is 10.5 Å². The van der Waals surface area contributed by atoms with Crippen molar-refractivity contribution >= 4 is 17.7 Å². The molecule has 184 valence electrons. The van der Waals surface area contributed by atoms with Crippen LogP contribution in [0, 0.1) is 0 Å². The number of hydrogen-bond acceptors (Lipinski definition) is 8. The molecule has 2 atom stereocenters. The molecule has 2 rings (SSSR count). The van der Waals surface area contributed by atoms with Crippen molar-refractivity contribution in [1.29, 1.82) is 0 Å². The zero-order chi connectivity index (χ0) is 24.9. The van der Waals surface area contributed by atoms with Crippen LogP contribution in [0.25, 0.3) is 0 Å². The number of aliphatic hydroxyl groups is 1. The molecule has 0 aromatic heterocycles. The fourth-order valence-electron chi connectivity index (χ4n) is 3.03. The number of anilines is 1. The second kappa shape index (κ2) is 13.8. The number of aliphatic hydroxyl groups excluding tert-OH is 1. The van der Waals surface area contributed by atoms with Crippen LogP contribution in [-0.4, -0.2) is 55.9 Å². The third kappa shape index (κ3) is 8.07. The van der Waals surface area contributed by atoms with Gasteiger partial charge in [0, 0.05) is 18.4 Å². The fourth-order valence-corrected chi connectivity index (χ4v) is 3.03. The largest absolute Gasteiger partial charge is 0.497 e. The maximum absolute atomic E-state index is 12.7. The van der Waals surface area contributed by atoms with Crippen molar-refractivity contribution in [1.82, 2.24) is 5.48 Å². The van der Waals surface area contributed by atoms with Crippen molar-refractivity contribution in [3.05, 3.63) is 65.7 Å². The molecule has 0 radical (unpaired) electrons. The lowest BCUT2D eigenvalue weighted by Gasteiger charge is -2.26. The number of nitrogens with one attached hydrogen (secondary N) is 2. The van der Waals surface area contributed by atoms with Crippen LogP contribution in [0.15, 0.2) is 60.2 Å². The van der Waals surface area contributed by atoms with Crippen LogP contribution in [0.5, 0.6) is 11.5 Å². The standard InChI is InChI=1S/C24H30N2O8/c1-16(23(28)26-30)4-13-21(32-3)22(17-5-9-20(10-6-17)33-15-14-27)34-24(29)25-18-7-11-19(31-2)12-8-18/h4-12,21-22,27,30H,13-15H2,1-3H3,(H,25,29)(H,26,28)/b16-4+/t21-,22-/m0/s1. The van der Waals surface area contributed by atoms with Gasteiger partial charge in [-0.2, -0.15) is 0 Å². The Morgan fingerprint density at radius 2 is 1.68 bits per heavy atom.